The van der Waals surface area contributed by atoms with Crippen LogP contribution in [-0.2, 0) is 11.2 Å². The first-order chi connectivity index (χ1) is 7.65. The molecule has 3 N–H and O–H groups in total. The van der Waals surface area contributed by atoms with Crippen LogP contribution in [0.3, 0.4) is 0 Å². The Morgan fingerprint density at radius 1 is 1.50 bits per heavy atom. The Balaban J connectivity index is 2.10. The molecular weight excluding hydrogens is 232 g/mol. The van der Waals surface area contributed by atoms with Crippen molar-refractivity contribution in [3.8, 4) is 0 Å². The number of hydrogen-bond donors (Lipinski definition) is 2. The standard InChI is InChI=1S/C9H9ClN4O2/c10-7-4-5-3-6(1-2-16-9(11)15)12-8(5)14-13-7/h3-4H,1-2H2,(H2,11,15)(H,12,14). The van der Waals surface area contributed by atoms with Crippen LogP contribution >= 0.6 is 11.6 Å². The Bertz CT molecular complexity index is 525. The monoisotopic (exact) mass is 240 g/mol. The Kier molecular flexibility index (Phi) is 2.91. The molecule has 0 bridgehead atoms. The highest BCUT2D eigenvalue weighted by Crippen LogP contribution is 2.15. The topological polar surface area (TPSA) is 93.9 Å². The summed E-state index contributed by atoms with van der Waals surface area (Å²) in [5.41, 5.74) is 6.37. The number of primary amides is 1. The zero-order chi connectivity index (χ0) is 11.5. The molecule has 0 aromatic carbocycles. The van der Waals surface area contributed by atoms with Crippen molar-refractivity contribution in [2.75, 3.05) is 6.61 Å². The van der Waals surface area contributed by atoms with Crippen molar-refractivity contribution in [3.63, 3.8) is 0 Å². The van der Waals surface area contributed by atoms with Crippen molar-refractivity contribution >= 4 is 28.7 Å². The molecule has 2 heterocycles. The number of hydrogen-bond acceptors (Lipinski definition) is 4. The van der Waals surface area contributed by atoms with Gasteiger partial charge in [-0.2, -0.15) is 0 Å². The second kappa shape index (κ2) is 4.36. The number of carbonyl (C=O) groups is 1. The number of aromatic nitrogens is 3. The fourth-order valence-corrected chi connectivity index (χ4v) is 1.52. The number of fused-ring (bicyclic) bond motifs is 1. The molecule has 7 heteroatoms. The zero-order valence-corrected chi connectivity index (χ0v) is 8.99. The van der Waals surface area contributed by atoms with Crippen molar-refractivity contribution in [1.29, 1.82) is 0 Å². The lowest BCUT2D eigenvalue weighted by atomic mass is 10.3. The van der Waals surface area contributed by atoms with E-state index in [0.29, 0.717) is 17.2 Å². The number of nitrogens with one attached hydrogen (secondary N) is 1. The number of ether oxygens (including phenoxy) is 1. The molecule has 0 spiro atoms. The van der Waals surface area contributed by atoms with Gasteiger partial charge < -0.3 is 15.5 Å². The third-order valence-electron chi connectivity index (χ3n) is 2.02. The molecule has 2 aromatic heterocycles. The third kappa shape index (κ3) is 2.40. The summed E-state index contributed by atoms with van der Waals surface area (Å²) in [5.74, 6) is 0. The van der Waals surface area contributed by atoms with Gasteiger partial charge in [0.15, 0.2) is 10.8 Å². The molecule has 84 valence electrons. The van der Waals surface area contributed by atoms with E-state index in [1.807, 2.05) is 6.07 Å². The molecule has 16 heavy (non-hydrogen) atoms. The van der Waals surface area contributed by atoms with E-state index in [2.05, 4.69) is 19.9 Å². The van der Waals surface area contributed by atoms with Crippen molar-refractivity contribution in [2.45, 2.75) is 6.42 Å². The molecule has 0 radical (unpaired) electrons. The Labute approximate surface area is 95.7 Å². The second-order valence-corrected chi connectivity index (χ2v) is 3.57. The van der Waals surface area contributed by atoms with Crippen molar-refractivity contribution in [3.05, 3.63) is 23.0 Å². The van der Waals surface area contributed by atoms with Crippen LogP contribution in [0, 0.1) is 0 Å². The van der Waals surface area contributed by atoms with E-state index < -0.39 is 6.09 Å². The van der Waals surface area contributed by atoms with Crippen LogP contribution in [0.5, 0.6) is 0 Å². The molecule has 0 atom stereocenters. The van der Waals surface area contributed by atoms with Crippen molar-refractivity contribution in [2.24, 2.45) is 5.73 Å². The maximum Gasteiger partial charge on any atom is 0.404 e. The summed E-state index contributed by atoms with van der Waals surface area (Å²) in [6, 6.07) is 3.58. The van der Waals surface area contributed by atoms with Gasteiger partial charge in [0.05, 0.1) is 6.61 Å². The molecule has 0 aliphatic carbocycles. The van der Waals surface area contributed by atoms with Gasteiger partial charge >= 0.3 is 6.09 Å². The van der Waals surface area contributed by atoms with E-state index in [1.165, 1.54) is 0 Å². The molecule has 2 aromatic rings. The highest BCUT2D eigenvalue weighted by molar-refractivity contribution is 6.29. The first-order valence-electron chi connectivity index (χ1n) is 4.58. The highest BCUT2D eigenvalue weighted by atomic mass is 35.5. The Hall–Kier alpha value is -1.82. The number of nitrogens with two attached hydrogens (primary N) is 1. The fourth-order valence-electron chi connectivity index (χ4n) is 1.36. The number of H-pyrrole nitrogens is 1. The van der Waals surface area contributed by atoms with Crippen LogP contribution in [0.1, 0.15) is 5.69 Å². The second-order valence-electron chi connectivity index (χ2n) is 3.18. The summed E-state index contributed by atoms with van der Waals surface area (Å²) in [6.45, 7) is 0.226. The number of amides is 1. The molecular formula is C9H9ClN4O2. The lowest BCUT2D eigenvalue weighted by Crippen LogP contribution is -2.14. The Morgan fingerprint density at radius 3 is 3.06 bits per heavy atom. The minimum Gasteiger partial charge on any atom is -0.449 e. The van der Waals surface area contributed by atoms with Crippen LogP contribution in [-0.4, -0.2) is 27.9 Å². The molecule has 0 saturated heterocycles. The predicted octanol–water partition coefficient (Wildman–Crippen LogP) is 1.25. The van der Waals surface area contributed by atoms with Crippen molar-refractivity contribution in [1.82, 2.24) is 15.2 Å². The largest absolute Gasteiger partial charge is 0.449 e. The third-order valence-corrected chi connectivity index (χ3v) is 2.20. The Morgan fingerprint density at radius 2 is 2.31 bits per heavy atom. The van der Waals surface area contributed by atoms with Gasteiger partial charge in [0.25, 0.3) is 0 Å². The molecule has 2 rings (SSSR count). The molecule has 0 fully saturated rings. The van der Waals surface area contributed by atoms with Gasteiger partial charge in [-0.15, -0.1) is 10.2 Å². The van der Waals surface area contributed by atoms with E-state index in [1.54, 1.807) is 6.07 Å². The minimum absolute atomic E-state index is 0.226. The number of rotatable bonds is 3. The average Bonchev–Trinajstić information content (AvgIpc) is 2.58. The predicted molar refractivity (Wildman–Crippen MR) is 58.1 cm³/mol. The van der Waals surface area contributed by atoms with Crippen LogP contribution < -0.4 is 5.73 Å². The summed E-state index contributed by atoms with van der Waals surface area (Å²) in [6.07, 6.45) is -0.240. The number of carbonyl (C=O) groups excluding carboxylic acids is 1. The van der Waals surface area contributed by atoms with E-state index in [0.717, 1.165) is 11.1 Å². The van der Waals surface area contributed by atoms with Gasteiger partial charge in [0.2, 0.25) is 0 Å². The minimum atomic E-state index is -0.779. The van der Waals surface area contributed by atoms with Gasteiger partial charge in [0, 0.05) is 17.5 Å². The van der Waals surface area contributed by atoms with Crippen molar-refractivity contribution < 1.29 is 9.53 Å². The van der Waals surface area contributed by atoms with E-state index in [4.69, 9.17) is 17.3 Å². The first-order valence-corrected chi connectivity index (χ1v) is 4.96. The van der Waals surface area contributed by atoms with E-state index >= 15 is 0 Å². The van der Waals surface area contributed by atoms with Gasteiger partial charge in [0.1, 0.15) is 0 Å². The molecule has 6 nitrogen and oxygen atoms in total. The molecule has 0 unspecified atom stereocenters. The zero-order valence-electron chi connectivity index (χ0n) is 8.24. The lowest BCUT2D eigenvalue weighted by molar-refractivity contribution is 0.158. The maximum atomic E-state index is 10.4. The van der Waals surface area contributed by atoms with Gasteiger partial charge in [-0.1, -0.05) is 11.6 Å². The van der Waals surface area contributed by atoms with Crippen LogP contribution in [0.25, 0.3) is 11.0 Å². The summed E-state index contributed by atoms with van der Waals surface area (Å²) >= 11 is 5.70. The molecule has 0 saturated carbocycles. The lowest BCUT2D eigenvalue weighted by Gasteiger charge is -1.98. The molecule has 0 aliphatic rings. The number of nitrogens with zero attached hydrogens (tertiary/aromatic N) is 2. The van der Waals surface area contributed by atoms with Gasteiger partial charge in [-0.3, -0.25) is 0 Å². The maximum absolute atomic E-state index is 10.4. The normalized spacial score (nSPS) is 10.6. The quantitative estimate of drug-likeness (QED) is 0.844. The van der Waals surface area contributed by atoms with Gasteiger partial charge in [-0.25, -0.2) is 4.79 Å². The van der Waals surface area contributed by atoms with Crippen LogP contribution in [0.15, 0.2) is 12.1 Å². The van der Waals surface area contributed by atoms with Crippen LogP contribution in [0.2, 0.25) is 5.15 Å². The average molecular weight is 241 g/mol. The van der Waals surface area contributed by atoms with E-state index in [-0.39, 0.29) is 6.61 Å². The summed E-state index contributed by atoms with van der Waals surface area (Å²) in [7, 11) is 0. The highest BCUT2D eigenvalue weighted by Gasteiger charge is 2.04. The van der Waals surface area contributed by atoms with Crippen LogP contribution in [0.4, 0.5) is 4.79 Å². The smallest absolute Gasteiger partial charge is 0.404 e. The summed E-state index contributed by atoms with van der Waals surface area (Å²) in [4.78, 5) is 13.4. The summed E-state index contributed by atoms with van der Waals surface area (Å²) < 4.78 is 4.62. The first kappa shape index (κ1) is 10.7. The summed E-state index contributed by atoms with van der Waals surface area (Å²) in [5, 5.41) is 8.79. The molecule has 1 amide bonds. The fraction of sp³-hybridized carbons (Fsp3) is 0.222. The number of aromatic amines is 1. The van der Waals surface area contributed by atoms with Gasteiger partial charge in [-0.05, 0) is 12.1 Å². The molecule has 0 aliphatic heterocycles. The number of halogens is 1. The van der Waals surface area contributed by atoms with E-state index in [9.17, 15) is 4.79 Å². The SMILES string of the molecule is NC(=O)OCCc1cc2cc(Cl)nnc2[nH]1.